The first-order valence-electron chi connectivity index (χ1n) is 6.50. The van der Waals surface area contributed by atoms with E-state index in [1.807, 2.05) is 11.5 Å². The van der Waals surface area contributed by atoms with Crippen LogP contribution in [0.4, 0.5) is 0 Å². The van der Waals surface area contributed by atoms with Crippen LogP contribution in [0.1, 0.15) is 38.9 Å². The second kappa shape index (κ2) is 5.46. The number of carboxylic acid groups (broad SMARTS) is 1. The maximum Gasteiger partial charge on any atom is 0.335 e. The van der Waals surface area contributed by atoms with Crippen LogP contribution in [0.25, 0.3) is 10.9 Å². The number of aliphatic hydroxyl groups is 1. The molecule has 0 amide bonds. The molecule has 0 aliphatic heterocycles. The van der Waals surface area contributed by atoms with Crippen molar-refractivity contribution in [3.05, 3.63) is 34.5 Å². The SMILES string of the molecule is CCc1cc(C(=O)O)cc2c(C=O)c(C)n(CCO)c12. The van der Waals surface area contributed by atoms with E-state index < -0.39 is 5.97 Å². The minimum Gasteiger partial charge on any atom is -0.478 e. The molecule has 0 radical (unpaired) electrons. The number of benzene rings is 1. The van der Waals surface area contributed by atoms with Crippen molar-refractivity contribution < 1.29 is 19.8 Å². The average molecular weight is 275 g/mol. The van der Waals surface area contributed by atoms with Gasteiger partial charge in [-0.15, -0.1) is 0 Å². The molecule has 106 valence electrons. The Hall–Kier alpha value is -2.14. The maximum atomic E-state index is 11.3. The van der Waals surface area contributed by atoms with Crippen LogP contribution in [-0.4, -0.2) is 33.6 Å². The van der Waals surface area contributed by atoms with E-state index in [4.69, 9.17) is 0 Å². The quantitative estimate of drug-likeness (QED) is 0.818. The smallest absolute Gasteiger partial charge is 0.335 e. The molecule has 2 N–H and O–H groups in total. The van der Waals surface area contributed by atoms with E-state index in [1.165, 1.54) is 6.07 Å². The summed E-state index contributed by atoms with van der Waals surface area (Å²) in [7, 11) is 0. The highest BCUT2D eigenvalue weighted by molar-refractivity contribution is 6.04. The van der Waals surface area contributed by atoms with Gasteiger partial charge in [0.15, 0.2) is 6.29 Å². The number of fused-ring (bicyclic) bond motifs is 1. The lowest BCUT2D eigenvalue weighted by atomic mass is 10.0. The van der Waals surface area contributed by atoms with Crippen LogP contribution in [0, 0.1) is 6.92 Å². The molecule has 0 unspecified atom stereocenters. The molecule has 0 saturated carbocycles. The molecule has 0 aliphatic rings. The van der Waals surface area contributed by atoms with Gasteiger partial charge in [0.25, 0.3) is 0 Å². The van der Waals surface area contributed by atoms with Crippen molar-refractivity contribution in [2.45, 2.75) is 26.8 Å². The Morgan fingerprint density at radius 2 is 2.10 bits per heavy atom. The molecule has 20 heavy (non-hydrogen) atoms. The number of aliphatic hydroxyl groups excluding tert-OH is 1. The van der Waals surface area contributed by atoms with Crippen molar-refractivity contribution in [3.63, 3.8) is 0 Å². The maximum absolute atomic E-state index is 11.3. The molecule has 1 heterocycles. The predicted molar refractivity (Wildman–Crippen MR) is 75.5 cm³/mol. The summed E-state index contributed by atoms with van der Waals surface area (Å²) in [6.07, 6.45) is 1.40. The molecule has 2 rings (SSSR count). The van der Waals surface area contributed by atoms with Crippen LogP contribution in [0.2, 0.25) is 0 Å². The van der Waals surface area contributed by atoms with Crippen LogP contribution in [0.5, 0.6) is 0 Å². The highest BCUT2D eigenvalue weighted by atomic mass is 16.4. The Kier molecular flexibility index (Phi) is 3.90. The van der Waals surface area contributed by atoms with Gasteiger partial charge in [0, 0.05) is 23.2 Å². The molecule has 0 bridgehead atoms. The fourth-order valence-electron chi connectivity index (χ4n) is 2.65. The van der Waals surface area contributed by atoms with E-state index >= 15 is 0 Å². The number of hydrogen-bond acceptors (Lipinski definition) is 3. The fourth-order valence-corrected chi connectivity index (χ4v) is 2.65. The van der Waals surface area contributed by atoms with Crippen molar-refractivity contribution in [2.24, 2.45) is 0 Å². The lowest BCUT2D eigenvalue weighted by Crippen LogP contribution is -2.06. The monoisotopic (exact) mass is 275 g/mol. The summed E-state index contributed by atoms with van der Waals surface area (Å²) in [5, 5.41) is 19.0. The summed E-state index contributed by atoms with van der Waals surface area (Å²) < 4.78 is 1.88. The lowest BCUT2D eigenvalue weighted by molar-refractivity contribution is 0.0696. The van der Waals surface area contributed by atoms with Crippen LogP contribution in [-0.2, 0) is 13.0 Å². The normalized spacial score (nSPS) is 10.9. The third-order valence-electron chi connectivity index (χ3n) is 3.61. The number of rotatable bonds is 5. The van der Waals surface area contributed by atoms with E-state index in [0.717, 1.165) is 23.1 Å². The first kappa shape index (κ1) is 14.3. The topological polar surface area (TPSA) is 79.5 Å². The minimum absolute atomic E-state index is 0.0350. The van der Waals surface area contributed by atoms with Gasteiger partial charge in [-0.1, -0.05) is 6.92 Å². The van der Waals surface area contributed by atoms with Crippen molar-refractivity contribution >= 4 is 23.2 Å². The minimum atomic E-state index is -1.01. The molecule has 0 aliphatic carbocycles. The Morgan fingerprint density at radius 3 is 2.60 bits per heavy atom. The largest absolute Gasteiger partial charge is 0.478 e. The van der Waals surface area contributed by atoms with Crippen LogP contribution in [0.15, 0.2) is 12.1 Å². The molecule has 1 aromatic carbocycles. The highest BCUT2D eigenvalue weighted by Gasteiger charge is 2.18. The lowest BCUT2D eigenvalue weighted by Gasteiger charge is -2.10. The van der Waals surface area contributed by atoms with Crippen LogP contribution in [0.3, 0.4) is 0 Å². The van der Waals surface area contributed by atoms with Gasteiger partial charge in [0.1, 0.15) is 0 Å². The summed E-state index contributed by atoms with van der Waals surface area (Å²) in [6.45, 7) is 4.09. The van der Waals surface area contributed by atoms with Crippen molar-refractivity contribution in [1.82, 2.24) is 4.57 Å². The third kappa shape index (κ3) is 2.10. The first-order valence-corrected chi connectivity index (χ1v) is 6.50. The second-order valence-electron chi connectivity index (χ2n) is 4.68. The summed E-state index contributed by atoms with van der Waals surface area (Å²) in [6, 6.07) is 3.16. The molecule has 0 fully saturated rings. The van der Waals surface area contributed by atoms with Gasteiger partial charge in [0.05, 0.1) is 17.7 Å². The van der Waals surface area contributed by atoms with Crippen LogP contribution >= 0.6 is 0 Å². The number of nitrogens with zero attached hydrogens (tertiary/aromatic N) is 1. The number of carbonyl (C=O) groups excluding carboxylic acids is 1. The van der Waals surface area contributed by atoms with E-state index in [1.54, 1.807) is 13.0 Å². The van der Waals surface area contributed by atoms with Crippen molar-refractivity contribution in [3.8, 4) is 0 Å². The Labute approximate surface area is 116 Å². The van der Waals surface area contributed by atoms with Gasteiger partial charge in [-0.05, 0) is 31.0 Å². The van der Waals surface area contributed by atoms with Crippen LogP contribution < -0.4 is 0 Å². The number of aldehydes is 1. The molecule has 0 saturated heterocycles. The standard InChI is InChI=1S/C15H17NO4/c1-3-10-6-11(15(19)20)7-12-13(8-18)9(2)16(4-5-17)14(10)12/h6-8,17H,3-5H2,1-2H3,(H,19,20). The second-order valence-corrected chi connectivity index (χ2v) is 4.68. The van der Waals surface area contributed by atoms with Gasteiger partial charge in [-0.3, -0.25) is 4.79 Å². The zero-order chi connectivity index (χ0) is 14.9. The van der Waals surface area contributed by atoms with Crippen molar-refractivity contribution in [2.75, 3.05) is 6.61 Å². The van der Waals surface area contributed by atoms with Gasteiger partial charge >= 0.3 is 5.97 Å². The zero-order valence-electron chi connectivity index (χ0n) is 11.5. The van der Waals surface area contributed by atoms with E-state index in [9.17, 15) is 19.8 Å². The Morgan fingerprint density at radius 1 is 1.40 bits per heavy atom. The van der Waals surface area contributed by atoms with Gasteiger partial charge in [0.2, 0.25) is 0 Å². The molecular weight excluding hydrogens is 258 g/mol. The average Bonchev–Trinajstić information content (AvgIpc) is 2.70. The van der Waals surface area contributed by atoms with Gasteiger partial charge in [-0.2, -0.15) is 0 Å². The predicted octanol–water partition coefficient (Wildman–Crippen LogP) is 2.02. The summed E-state index contributed by atoms with van der Waals surface area (Å²) in [5.41, 5.74) is 3.13. The molecule has 0 spiro atoms. The summed E-state index contributed by atoms with van der Waals surface area (Å²) >= 11 is 0. The molecule has 1 aromatic heterocycles. The Bertz CT molecular complexity index is 685. The molecule has 5 heteroatoms. The number of carbonyl (C=O) groups is 2. The van der Waals surface area contributed by atoms with E-state index in [0.29, 0.717) is 23.9 Å². The number of aromatic nitrogens is 1. The number of carboxylic acids is 1. The van der Waals surface area contributed by atoms with E-state index in [2.05, 4.69) is 0 Å². The molecule has 0 atom stereocenters. The summed E-state index contributed by atoms with van der Waals surface area (Å²) in [4.78, 5) is 22.5. The highest BCUT2D eigenvalue weighted by Crippen LogP contribution is 2.29. The molecule has 2 aromatic rings. The van der Waals surface area contributed by atoms with Gasteiger partial charge in [-0.25, -0.2) is 4.79 Å². The molecular formula is C15H17NO4. The zero-order valence-corrected chi connectivity index (χ0v) is 11.5. The van der Waals surface area contributed by atoms with Crippen molar-refractivity contribution in [1.29, 1.82) is 0 Å². The number of aromatic carboxylic acids is 1. The first-order chi connectivity index (χ1) is 9.54. The van der Waals surface area contributed by atoms with E-state index in [-0.39, 0.29) is 12.2 Å². The summed E-state index contributed by atoms with van der Waals surface area (Å²) in [5.74, 6) is -1.01. The number of aryl methyl sites for hydroxylation is 1. The van der Waals surface area contributed by atoms with Gasteiger partial charge < -0.3 is 14.8 Å². The number of hydrogen-bond donors (Lipinski definition) is 2. The Balaban J connectivity index is 2.91. The third-order valence-corrected chi connectivity index (χ3v) is 3.61. The molecule has 5 nitrogen and oxygen atoms in total. The fraction of sp³-hybridized carbons (Fsp3) is 0.333.